The van der Waals surface area contributed by atoms with Crippen LogP contribution >= 0.6 is 12.2 Å². The van der Waals surface area contributed by atoms with Gasteiger partial charge in [0.05, 0.1) is 6.61 Å². The normalized spacial score (nSPS) is 10.5. The minimum atomic E-state index is -0.759. The van der Waals surface area contributed by atoms with Gasteiger partial charge in [0.1, 0.15) is 10.7 Å². The number of aliphatic carboxylic acids is 1. The van der Waals surface area contributed by atoms with Crippen LogP contribution in [-0.4, -0.2) is 29.2 Å². The predicted octanol–water partition coefficient (Wildman–Crippen LogP) is 3.76. The van der Waals surface area contributed by atoms with Gasteiger partial charge in [-0.05, 0) is 37.3 Å². The molecular weight excluding hydrogens is 310 g/mol. The molecular formula is C18H21NO3S. The first-order chi connectivity index (χ1) is 11.1. The lowest BCUT2D eigenvalue weighted by Crippen LogP contribution is -2.23. The molecule has 0 saturated heterocycles. The smallest absolute Gasteiger partial charge is 0.303 e. The van der Waals surface area contributed by atoms with Crippen LogP contribution in [0.25, 0.3) is 10.8 Å². The summed E-state index contributed by atoms with van der Waals surface area (Å²) < 4.78 is 5.67. The van der Waals surface area contributed by atoms with E-state index < -0.39 is 5.97 Å². The van der Waals surface area contributed by atoms with Crippen LogP contribution in [0.3, 0.4) is 0 Å². The Hall–Kier alpha value is -2.14. The molecule has 23 heavy (non-hydrogen) atoms. The van der Waals surface area contributed by atoms with E-state index in [1.54, 1.807) is 0 Å². The van der Waals surface area contributed by atoms with Crippen molar-refractivity contribution in [1.29, 1.82) is 0 Å². The quantitative estimate of drug-likeness (QED) is 0.570. The number of thiocarbonyl (C=S) groups is 1. The molecule has 0 aliphatic heterocycles. The van der Waals surface area contributed by atoms with Crippen molar-refractivity contribution in [3.8, 4) is 5.75 Å². The van der Waals surface area contributed by atoms with Crippen molar-refractivity contribution in [2.75, 3.05) is 13.2 Å². The molecule has 0 aromatic heterocycles. The Morgan fingerprint density at radius 2 is 1.91 bits per heavy atom. The molecule has 0 aliphatic rings. The van der Waals surface area contributed by atoms with Crippen LogP contribution in [0.4, 0.5) is 0 Å². The summed E-state index contributed by atoms with van der Waals surface area (Å²) in [5.74, 6) is 0.0983. The first-order valence-corrected chi connectivity index (χ1v) is 8.19. The standard InChI is InChI=1S/C18H21NO3S/c1-2-22-16-11-10-15(13-7-3-4-8-14(13)16)18(23)19-12-6-5-9-17(20)21/h3-4,7-8,10-11H,2,5-6,9,12H2,1H3,(H,19,23)(H,20,21). The van der Waals surface area contributed by atoms with Crippen LogP contribution in [-0.2, 0) is 4.79 Å². The number of carboxylic acid groups (broad SMARTS) is 1. The van der Waals surface area contributed by atoms with E-state index in [0.717, 1.165) is 28.5 Å². The van der Waals surface area contributed by atoms with Crippen LogP contribution < -0.4 is 10.1 Å². The fourth-order valence-corrected chi connectivity index (χ4v) is 2.73. The van der Waals surface area contributed by atoms with Gasteiger partial charge in [0, 0.05) is 23.9 Å². The number of hydrogen-bond acceptors (Lipinski definition) is 3. The van der Waals surface area contributed by atoms with Crippen molar-refractivity contribution >= 4 is 33.9 Å². The second kappa shape index (κ2) is 8.48. The predicted molar refractivity (Wildman–Crippen MR) is 96.3 cm³/mol. The maximum absolute atomic E-state index is 10.5. The molecule has 0 aliphatic carbocycles. The highest BCUT2D eigenvalue weighted by Crippen LogP contribution is 2.28. The van der Waals surface area contributed by atoms with Crippen LogP contribution in [0.5, 0.6) is 5.75 Å². The number of nitrogens with one attached hydrogen (secondary N) is 1. The summed E-state index contributed by atoms with van der Waals surface area (Å²) in [6.45, 7) is 3.26. The third-order valence-corrected chi connectivity index (χ3v) is 3.90. The van der Waals surface area contributed by atoms with Gasteiger partial charge >= 0.3 is 5.97 Å². The zero-order valence-electron chi connectivity index (χ0n) is 13.2. The second-order valence-electron chi connectivity index (χ2n) is 5.20. The molecule has 0 fully saturated rings. The summed E-state index contributed by atoms with van der Waals surface area (Å²) in [4.78, 5) is 11.2. The first kappa shape index (κ1) is 17.2. The van der Waals surface area contributed by atoms with Crippen LogP contribution in [0.1, 0.15) is 31.7 Å². The lowest BCUT2D eigenvalue weighted by molar-refractivity contribution is -0.137. The van der Waals surface area contributed by atoms with Gasteiger partial charge in [-0.1, -0.05) is 36.5 Å². The van der Waals surface area contributed by atoms with Gasteiger partial charge in [0.2, 0.25) is 0 Å². The monoisotopic (exact) mass is 331 g/mol. The number of hydrogen-bond donors (Lipinski definition) is 2. The molecule has 0 spiro atoms. The number of benzene rings is 2. The Morgan fingerprint density at radius 3 is 2.61 bits per heavy atom. The Kier molecular flexibility index (Phi) is 6.35. The van der Waals surface area contributed by atoms with Crippen molar-refractivity contribution in [2.24, 2.45) is 0 Å². The zero-order chi connectivity index (χ0) is 16.7. The highest BCUT2D eigenvalue weighted by molar-refractivity contribution is 7.80. The maximum atomic E-state index is 10.5. The van der Waals surface area contributed by atoms with Crippen molar-refractivity contribution in [2.45, 2.75) is 26.2 Å². The third kappa shape index (κ3) is 4.66. The minimum Gasteiger partial charge on any atom is -0.493 e. The van der Waals surface area contributed by atoms with E-state index >= 15 is 0 Å². The number of ether oxygens (including phenoxy) is 1. The molecule has 2 aromatic rings. The molecule has 2 aromatic carbocycles. The average Bonchev–Trinajstić information content (AvgIpc) is 2.54. The summed E-state index contributed by atoms with van der Waals surface area (Å²) in [6.07, 6.45) is 1.62. The molecule has 0 atom stereocenters. The fraction of sp³-hybridized carbons (Fsp3) is 0.333. The van der Waals surface area contributed by atoms with Gasteiger partial charge in [-0.3, -0.25) is 4.79 Å². The maximum Gasteiger partial charge on any atom is 0.303 e. The first-order valence-electron chi connectivity index (χ1n) is 7.78. The number of carbonyl (C=O) groups is 1. The molecule has 2 rings (SSSR count). The summed E-state index contributed by atoms with van der Waals surface area (Å²) in [5.41, 5.74) is 0.970. The second-order valence-corrected chi connectivity index (χ2v) is 5.60. The van der Waals surface area contributed by atoms with Crippen molar-refractivity contribution in [3.63, 3.8) is 0 Å². The van der Waals surface area contributed by atoms with Gasteiger partial charge in [-0.15, -0.1) is 0 Å². The Bertz CT molecular complexity index is 700. The van der Waals surface area contributed by atoms with E-state index in [-0.39, 0.29) is 6.42 Å². The molecule has 0 unspecified atom stereocenters. The average molecular weight is 331 g/mol. The summed E-state index contributed by atoms with van der Waals surface area (Å²) in [7, 11) is 0. The van der Waals surface area contributed by atoms with Crippen molar-refractivity contribution < 1.29 is 14.6 Å². The number of rotatable bonds is 8. The summed E-state index contributed by atoms with van der Waals surface area (Å²) >= 11 is 5.49. The largest absolute Gasteiger partial charge is 0.493 e. The number of unbranched alkanes of at least 4 members (excludes halogenated alkanes) is 1. The van der Waals surface area contributed by atoms with E-state index in [1.807, 2.05) is 43.3 Å². The lowest BCUT2D eigenvalue weighted by Gasteiger charge is -2.13. The number of carboxylic acids is 1. The van der Waals surface area contributed by atoms with Crippen LogP contribution in [0.15, 0.2) is 36.4 Å². The van der Waals surface area contributed by atoms with E-state index in [0.29, 0.717) is 24.6 Å². The summed E-state index contributed by atoms with van der Waals surface area (Å²) in [6, 6.07) is 11.9. The highest BCUT2D eigenvalue weighted by atomic mass is 32.1. The van der Waals surface area contributed by atoms with Gasteiger partial charge < -0.3 is 15.2 Å². The Labute approximate surface area is 141 Å². The van der Waals surface area contributed by atoms with Gasteiger partial charge in [-0.25, -0.2) is 0 Å². The highest BCUT2D eigenvalue weighted by Gasteiger charge is 2.10. The third-order valence-electron chi connectivity index (χ3n) is 3.53. The van der Waals surface area contributed by atoms with Crippen molar-refractivity contribution in [3.05, 3.63) is 42.0 Å². The van der Waals surface area contributed by atoms with E-state index in [1.165, 1.54) is 0 Å². The Balaban J connectivity index is 2.09. The van der Waals surface area contributed by atoms with E-state index in [9.17, 15) is 4.79 Å². The van der Waals surface area contributed by atoms with Gasteiger partial charge in [0.15, 0.2) is 0 Å². The number of fused-ring (bicyclic) bond motifs is 1. The lowest BCUT2D eigenvalue weighted by atomic mass is 10.0. The SMILES string of the molecule is CCOc1ccc(C(=S)NCCCCC(=O)O)c2ccccc12. The van der Waals surface area contributed by atoms with Gasteiger partial charge in [-0.2, -0.15) is 0 Å². The summed E-state index contributed by atoms with van der Waals surface area (Å²) in [5, 5.41) is 13.9. The molecule has 0 saturated carbocycles. The molecule has 5 heteroatoms. The molecule has 0 amide bonds. The van der Waals surface area contributed by atoms with Gasteiger partial charge in [0.25, 0.3) is 0 Å². The molecule has 2 N–H and O–H groups in total. The van der Waals surface area contributed by atoms with Crippen molar-refractivity contribution in [1.82, 2.24) is 5.32 Å². The van der Waals surface area contributed by atoms with E-state index in [2.05, 4.69) is 5.32 Å². The minimum absolute atomic E-state index is 0.195. The Morgan fingerprint density at radius 1 is 1.17 bits per heavy atom. The molecule has 122 valence electrons. The van der Waals surface area contributed by atoms with Crippen LogP contribution in [0.2, 0.25) is 0 Å². The van der Waals surface area contributed by atoms with E-state index in [4.69, 9.17) is 22.1 Å². The molecule has 0 heterocycles. The van der Waals surface area contributed by atoms with Crippen LogP contribution in [0, 0.1) is 0 Å². The fourth-order valence-electron chi connectivity index (χ4n) is 2.45. The molecule has 0 bridgehead atoms. The zero-order valence-corrected chi connectivity index (χ0v) is 14.0. The molecule has 4 nitrogen and oxygen atoms in total. The molecule has 0 radical (unpaired) electrons. The topological polar surface area (TPSA) is 58.6 Å².